The monoisotopic (exact) mass is 417 g/mol. The highest BCUT2D eigenvalue weighted by molar-refractivity contribution is 7.71. The first kappa shape index (κ1) is 20.0. The minimum atomic E-state index is -0.451. The highest BCUT2D eigenvalue weighted by Gasteiger charge is 2.31. The van der Waals surface area contributed by atoms with Crippen LogP contribution in [0.25, 0.3) is 0 Å². The lowest BCUT2D eigenvalue weighted by Crippen LogP contribution is -2.35. The Morgan fingerprint density at radius 3 is 2.52 bits per heavy atom. The van der Waals surface area contributed by atoms with Crippen molar-refractivity contribution in [2.24, 2.45) is 0 Å². The molecule has 0 bridgehead atoms. The van der Waals surface area contributed by atoms with Gasteiger partial charge >= 0.3 is 0 Å². The number of nitrogens with zero attached hydrogens (tertiary/aromatic N) is 1. The maximum absolute atomic E-state index is 12.9. The average Bonchev–Trinajstić information content (AvgIpc) is 2.73. The zero-order chi connectivity index (χ0) is 20.5. The molecule has 0 unspecified atom stereocenters. The van der Waals surface area contributed by atoms with E-state index in [1.807, 2.05) is 12.1 Å². The maximum Gasteiger partial charge on any atom is 0.260 e. The van der Waals surface area contributed by atoms with E-state index in [0.29, 0.717) is 23.6 Å². The zero-order valence-corrected chi connectivity index (χ0v) is 17.6. The summed E-state index contributed by atoms with van der Waals surface area (Å²) in [5, 5.41) is 14.6. The van der Waals surface area contributed by atoms with E-state index in [0.717, 1.165) is 43.2 Å². The van der Waals surface area contributed by atoms with Gasteiger partial charge in [-0.15, -0.1) is 0 Å². The molecule has 2 aromatic rings. The van der Waals surface area contributed by atoms with Crippen molar-refractivity contribution in [3.8, 4) is 17.4 Å². The van der Waals surface area contributed by atoms with Crippen molar-refractivity contribution in [2.45, 2.75) is 50.6 Å². The van der Waals surface area contributed by atoms with Gasteiger partial charge in [-0.2, -0.15) is 0 Å². The van der Waals surface area contributed by atoms with Crippen LogP contribution in [0, 0.1) is 4.77 Å². The van der Waals surface area contributed by atoms with Gasteiger partial charge in [0.05, 0.1) is 25.8 Å². The van der Waals surface area contributed by atoms with E-state index in [1.165, 1.54) is 6.42 Å². The third-order valence-electron chi connectivity index (χ3n) is 6.08. The summed E-state index contributed by atoms with van der Waals surface area (Å²) in [4.78, 5) is 15.7. The number of hydrogen-bond acceptors (Lipinski definition) is 6. The smallest absolute Gasteiger partial charge is 0.260 e. The molecule has 2 aliphatic rings. The molecule has 1 aromatic carbocycles. The van der Waals surface area contributed by atoms with Crippen LogP contribution in [0.4, 0.5) is 0 Å². The number of benzene rings is 1. The molecular weight excluding hydrogens is 390 g/mol. The van der Waals surface area contributed by atoms with Crippen molar-refractivity contribution in [3.63, 3.8) is 0 Å². The van der Waals surface area contributed by atoms with Gasteiger partial charge in [-0.05, 0) is 54.7 Å². The van der Waals surface area contributed by atoms with Crippen molar-refractivity contribution in [1.82, 2.24) is 14.9 Å². The number of methoxy groups -OCH3 is 2. The van der Waals surface area contributed by atoms with Gasteiger partial charge in [0, 0.05) is 12.6 Å². The number of ether oxygens (including phenoxy) is 2. The summed E-state index contributed by atoms with van der Waals surface area (Å²) in [5.41, 5.74) is 1.91. The molecule has 1 saturated carbocycles. The molecule has 1 aliphatic carbocycles. The van der Waals surface area contributed by atoms with Crippen LogP contribution in [-0.4, -0.2) is 35.4 Å². The maximum atomic E-state index is 12.9. The molecule has 0 radical (unpaired) electrons. The summed E-state index contributed by atoms with van der Waals surface area (Å²) in [7, 11) is 3.19. The van der Waals surface area contributed by atoms with Gasteiger partial charge in [-0.25, -0.2) is 0 Å². The highest BCUT2D eigenvalue weighted by atomic mass is 32.1. The Bertz CT molecular complexity index is 1020. The lowest BCUT2D eigenvalue weighted by molar-refractivity contribution is 0.297. The predicted octanol–water partition coefficient (Wildman–Crippen LogP) is 3.37. The number of nitrogens with one attached hydrogen (secondary N) is 2. The third-order valence-corrected chi connectivity index (χ3v) is 6.38. The zero-order valence-electron chi connectivity index (χ0n) is 16.8. The fraction of sp³-hybridized carbons (Fsp3) is 0.524. The summed E-state index contributed by atoms with van der Waals surface area (Å²) in [5.74, 6) is 1.21. The summed E-state index contributed by atoms with van der Waals surface area (Å²) < 4.78 is 12.9. The molecule has 1 aliphatic heterocycles. The minimum Gasteiger partial charge on any atom is -0.494 e. The molecule has 1 atom stereocenters. The van der Waals surface area contributed by atoms with Gasteiger partial charge < -0.3 is 19.9 Å². The van der Waals surface area contributed by atoms with E-state index in [2.05, 4.69) is 10.3 Å². The second-order valence-corrected chi connectivity index (χ2v) is 8.09. The third kappa shape index (κ3) is 3.55. The SMILES string of the molecule is COc1cc2c(cc1OC)[C@@H](c1c(O)n(C3CCCCC3)c(=S)[nH]c1=O)NCC2. The number of hydrogen-bond donors (Lipinski definition) is 3. The molecule has 7 nitrogen and oxygen atoms in total. The normalized spacial score (nSPS) is 19.6. The molecule has 0 amide bonds. The van der Waals surface area contributed by atoms with Gasteiger partial charge in [0.15, 0.2) is 16.3 Å². The topological polar surface area (TPSA) is 88.5 Å². The van der Waals surface area contributed by atoms with Crippen LogP contribution in [0.2, 0.25) is 0 Å². The highest BCUT2D eigenvalue weighted by Crippen LogP contribution is 2.39. The van der Waals surface area contributed by atoms with E-state index >= 15 is 0 Å². The summed E-state index contributed by atoms with van der Waals surface area (Å²) in [6.45, 7) is 0.686. The van der Waals surface area contributed by atoms with E-state index in [1.54, 1.807) is 18.8 Å². The Morgan fingerprint density at radius 2 is 1.83 bits per heavy atom. The molecule has 29 heavy (non-hydrogen) atoms. The number of aromatic amines is 1. The van der Waals surface area contributed by atoms with E-state index in [9.17, 15) is 9.90 Å². The summed E-state index contributed by atoms with van der Waals surface area (Å²) >= 11 is 5.41. The number of H-pyrrole nitrogens is 1. The molecule has 0 spiro atoms. The van der Waals surface area contributed by atoms with Crippen LogP contribution in [0.5, 0.6) is 17.4 Å². The van der Waals surface area contributed by atoms with E-state index < -0.39 is 6.04 Å². The average molecular weight is 418 g/mol. The summed E-state index contributed by atoms with van der Waals surface area (Å²) in [6.07, 6.45) is 6.09. The molecule has 3 N–H and O–H groups in total. The van der Waals surface area contributed by atoms with Crippen molar-refractivity contribution in [1.29, 1.82) is 0 Å². The lowest BCUT2D eigenvalue weighted by Gasteiger charge is -2.31. The lowest BCUT2D eigenvalue weighted by atomic mass is 9.89. The molecule has 8 heteroatoms. The van der Waals surface area contributed by atoms with Gasteiger partial charge in [0.25, 0.3) is 5.56 Å². The van der Waals surface area contributed by atoms with Gasteiger partial charge in [-0.1, -0.05) is 19.3 Å². The van der Waals surface area contributed by atoms with E-state index in [-0.39, 0.29) is 22.3 Å². The van der Waals surface area contributed by atoms with Gasteiger partial charge in [0.2, 0.25) is 5.88 Å². The molecule has 4 rings (SSSR count). The second-order valence-electron chi connectivity index (χ2n) is 7.70. The largest absolute Gasteiger partial charge is 0.494 e. The van der Waals surface area contributed by atoms with Crippen molar-refractivity contribution in [2.75, 3.05) is 20.8 Å². The summed E-state index contributed by atoms with van der Waals surface area (Å²) in [6, 6.07) is 3.49. The molecule has 2 heterocycles. The Hall–Kier alpha value is -2.32. The van der Waals surface area contributed by atoms with Crippen LogP contribution < -0.4 is 20.3 Å². The Labute approximate surface area is 174 Å². The van der Waals surface area contributed by atoms with Crippen molar-refractivity contribution >= 4 is 12.2 Å². The fourth-order valence-corrected chi connectivity index (χ4v) is 4.96. The molecular formula is C21H27N3O4S. The first-order valence-corrected chi connectivity index (χ1v) is 10.5. The quantitative estimate of drug-likeness (QED) is 0.661. The van der Waals surface area contributed by atoms with Crippen LogP contribution >= 0.6 is 12.2 Å². The van der Waals surface area contributed by atoms with Crippen LogP contribution in [0.15, 0.2) is 16.9 Å². The fourth-order valence-electron chi connectivity index (χ4n) is 4.63. The van der Waals surface area contributed by atoms with Crippen molar-refractivity contribution < 1.29 is 14.6 Å². The van der Waals surface area contributed by atoms with E-state index in [4.69, 9.17) is 21.7 Å². The minimum absolute atomic E-state index is 0.0363. The first-order chi connectivity index (χ1) is 14.0. The number of aromatic hydroxyl groups is 1. The molecule has 1 aromatic heterocycles. The van der Waals surface area contributed by atoms with Gasteiger partial charge in [0.1, 0.15) is 0 Å². The molecule has 156 valence electrons. The Balaban J connectivity index is 1.86. The Kier molecular flexibility index (Phi) is 5.65. The standard InChI is InChI=1S/C21H27N3O4S/c1-27-15-10-12-8-9-22-18(14(12)11-16(15)28-2)17-19(25)23-21(29)24(20(17)26)13-6-4-3-5-7-13/h10-11,13,18,22,26H,3-9H2,1-2H3,(H,23,25,29)/t18-/m0/s1. The molecule has 1 fully saturated rings. The van der Waals surface area contributed by atoms with Crippen LogP contribution in [0.3, 0.4) is 0 Å². The number of rotatable bonds is 4. The second kappa shape index (κ2) is 8.20. The van der Waals surface area contributed by atoms with Crippen LogP contribution in [-0.2, 0) is 6.42 Å². The number of aromatic nitrogens is 2. The first-order valence-electron chi connectivity index (χ1n) is 10.1. The van der Waals surface area contributed by atoms with Gasteiger partial charge in [-0.3, -0.25) is 14.3 Å². The Morgan fingerprint density at radius 1 is 1.14 bits per heavy atom. The number of fused-ring (bicyclic) bond motifs is 1. The predicted molar refractivity (Wildman–Crippen MR) is 113 cm³/mol. The molecule has 0 saturated heterocycles. The van der Waals surface area contributed by atoms with Crippen molar-refractivity contribution in [3.05, 3.63) is 43.9 Å². The van der Waals surface area contributed by atoms with Crippen LogP contribution in [0.1, 0.15) is 60.9 Å².